The highest BCUT2D eigenvalue weighted by Crippen LogP contribution is 2.35. The molecule has 5 heteroatoms. The van der Waals surface area contributed by atoms with Gasteiger partial charge in [-0.15, -0.1) is 0 Å². The van der Waals surface area contributed by atoms with Crippen LogP contribution < -0.4 is 4.74 Å². The van der Waals surface area contributed by atoms with Gasteiger partial charge in [0.25, 0.3) is 0 Å². The van der Waals surface area contributed by atoms with Crippen molar-refractivity contribution in [2.45, 2.75) is 25.5 Å². The van der Waals surface area contributed by atoms with E-state index in [1.54, 1.807) is 7.11 Å². The highest BCUT2D eigenvalue weighted by molar-refractivity contribution is 5.66. The quantitative estimate of drug-likeness (QED) is 0.662. The molecule has 0 bridgehead atoms. The smallest absolute Gasteiger partial charge is 0.124 e. The zero-order valence-corrected chi connectivity index (χ0v) is 19.1. The first-order valence-corrected chi connectivity index (χ1v) is 11.3. The maximum Gasteiger partial charge on any atom is 0.124 e. The summed E-state index contributed by atoms with van der Waals surface area (Å²) in [5.41, 5.74) is 4.91. The second-order valence-corrected chi connectivity index (χ2v) is 8.76. The Labute approximate surface area is 186 Å². The third kappa shape index (κ3) is 5.05. The second kappa shape index (κ2) is 9.75. The summed E-state index contributed by atoms with van der Waals surface area (Å²) in [6, 6.07) is 15.4. The van der Waals surface area contributed by atoms with E-state index in [0.29, 0.717) is 6.61 Å². The number of morpholine rings is 1. The summed E-state index contributed by atoms with van der Waals surface area (Å²) in [5, 5.41) is 0. The summed E-state index contributed by atoms with van der Waals surface area (Å²) in [6.45, 7) is 9.99. The molecule has 0 amide bonds. The molecule has 0 aromatic heterocycles. The number of rotatable bonds is 7. The molecule has 2 aromatic rings. The van der Waals surface area contributed by atoms with E-state index in [1.165, 1.54) is 42.6 Å². The minimum atomic E-state index is -0.0480. The largest absolute Gasteiger partial charge is 0.496 e. The van der Waals surface area contributed by atoms with Gasteiger partial charge in [0.15, 0.2) is 0 Å². The van der Waals surface area contributed by atoms with E-state index in [1.807, 2.05) is 14.1 Å². The molecule has 2 aliphatic heterocycles. The summed E-state index contributed by atoms with van der Waals surface area (Å²) >= 11 is 0. The summed E-state index contributed by atoms with van der Waals surface area (Å²) in [6.07, 6.45) is 2.59. The topological polar surface area (TPSA) is 28.2 Å². The van der Waals surface area contributed by atoms with Gasteiger partial charge in [-0.05, 0) is 60.8 Å². The molecule has 1 atom stereocenters. The Bertz CT molecular complexity index is 905. The number of likely N-dealkylation sites (tertiary alicyclic amines) is 1. The van der Waals surface area contributed by atoms with Crippen molar-refractivity contribution in [1.82, 2.24) is 14.7 Å². The summed E-state index contributed by atoms with van der Waals surface area (Å²) < 4.78 is 11.9. The van der Waals surface area contributed by atoms with Crippen LogP contribution in [0.1, 0.15) is 30.1 Å². The fourth-order valence-corrected chi connectivity index (χ4v) is 4.57. The van der Waals surface area contributed by atoms with E-state index in [0.717, 1.165) is 36.8 Å². The average Bonchev–Trinajstić information content (AvgIpc) is 3.31. The van der Waals surface area contributed by atoms with E-state index in [4.69, 9.17) is 9.47 Å². The first kappa shape index (κ1) is 21.7. The Balaban J connectivity index is 1.58. The normalized spacial score (nSPS) is 19.5. The first-order valence-electron chi connectivity index (χ1n) is 11.3. The van der Waals surface area contributed by atoms with Gasteiger partial charge < -0.3 is 19.3 Å². The number of ether oxygens (including phenoxy) is 2. The van der Waals surface area contributed by atoms with Crippen molar-refractivity contribution in [2.75, 3.05) is 54.0 Å². The van der Waals surface area contributed by atoms with Crippen LogP contribution in [-0.2, 0) is 11.3 Å². The summed E-state index contributed by atoms with van der Waals surface area (Å²) in [4.78, 5) is 6.89. The van der Waals surface area contributed by atoms with Crippen LogP contribution in [0.25, 0.3) is 11.1 Å². The first-order chi connectivity index (χ1) is 15.0. The molecule has 0 aliphatic carbocycles. The van der Waals surface area contributed by atoms with Crippen LogP contribution in [0.3, 0.4) is 0 Å². The van der Waals surface area contributed by atoms with Crippen LogP contribution >= 0.6 is 0 Å². The number of benzene rings is 2. The van der Waals surface area contributed by atoms with E-state index >= 15 is 0 Å². The zero-order valence-electron chi connectivity index (χ0n) is 19.1. The molecule has 31 heavy (non-hydrogen) atoms. The lowest BCUT2D eigenvalue weighted by atomic mass is 9.97. The number of hydrogen-bond donors (Lipinski definition) is 0. The average molecular weight is 422 g/mol. The molecule has 0 N–H and O–H groups in total. The van der Waals surface area contributed by atoms with Crippen LogP contribution in [0.15, 0.2) is 54.9 Å². The molecule has 2 fully saturated rings. The van der Waals surface area contributed by atoms with Crippen molar-refractivity contribution >= 4 is 0 Å². The van der Waals surface area contributed by atoms with E-state index < -0.39 is 0 Å². The fraction of sp³-hybridized carbons (Fsp3) is 0.462. The van der Waals surface area contributed by atoms with Crippen LogP contribution in [0.4, 0.5) is 0 Å². The van der Waals surface area contributed by atoms with E-state index in [2.05, 4.69) is 63.7 Å². The SMILES string of the molecule is C=C(N(C)C)N1CCOC(c2cc(-c3cccc(CN4CCCC4)c3)ccc2OC)C1. The van der Waals surface area contributed by atoms with Gasteiger partial charge >= 0.3 is 0 Å². The molecule has 5 nitrogen and oxygen atoms in total. The highest BCUT2D eigenvalue weighted by Gasteiger charge is 2.26. The molecule has 2 heterocycles. The Kier molecular flexibility index (Phi) is 6.83. The maximum absolute atomic E-state index is 6.18. The number of nitrogens with zero attached hydrogens (tertiary/aromatic N) is 3. The molecule has 0 radical (unpaired) electrons. The number of hydrogen-bond acceptors (Lipinski definition) is 5. The minimum absolute atomic E-state index is 0.0480. The van der Waals surface area contributed by atoms with Crippen LogP contribution in [0.2, 0.25) is 0 Å². The molecule has 2 saturated heterocycles. The van der Waals surface area contributed by atoms with Crippen molar-refractivity contribution in [2.24, 2.45) is 0 Å². The van der Waals surface area contributed by atoms with Crippen molar-refractivity contribution in [3.05, 3.63) is 66.0 Å². The lowest BCUT2D eigenvalue weighted by Gasteiger charge is -2.38. The highest BCUT2D eigenvalue weighted by atomic mass is 16.5. The van der Waals surface area contributed by atoms with E-state index in [9.17, 15) is 0 Å². The van der Waals surface area contributed by atoms with Crippen LogP contribution in [0, 0.1) is 0 Å². The van der Waals surface area contributed by atoms with Crippen LogP contribution in [0.5, 0.6) is 5.75 Å². The molecular formula is C26H35N3O2. The van der Waals surface area contributed by atoms with Gasteiger partial charge in [0.05, 0.1) is 19.5 Å². The third-order valence-electron chi connectivity index (χ3n) is 6.39. The standard InChI is InChI=1S/C26H35N3O2/c1-20(27(2)3)29-14-15-31-26(19-29)24-17-23(10-11-25(24)30-4)22-9-7-8-21(16-22)18-28-12-5-6-13-28/h7-11,16-17,26H,1,5-6,12-15,18-19H2,2-4H3. The van der Waals surface area contributed by atoms with Crippen LogP contribution in [-0.4, -0.2) is 68.7 Å². The van der Waals surface area contributed by atoms with Gasteiger partial charge in [-0.25, -0.2) is 0 Å². The molecule has 1 unspecified atom stereocenters. The monoisotopic (exact) mass is 421 g/mol. The lowest BCUT2D eigenvalue weighted by Crippen LogP contribution is -2.41. The molecule has 0 spiro atoms. The zero-order chi connectivity index (χ0) is 21.8. The minimum Gasteiger partial charge on any atom is -0.496 e. The Morgan fingerprint density at radius 3 is 2.61 bits per heavy atom. The fourth-order valence-electron chi connectivity index (χ4n) is 4.57. The lowest BCUT2D eigenvalue weighted by molar-refractivity contribution is -0.0261. The molecule has 2 aliphatic rings. The predicted molar refractivity (Wildman–Crippen MR) is 126 cm³/mol. The van der Waals surface area contributed by atoms with Crippen molar-refractivity contribution in [3.63, 3.8) is 0 Å². The van der Waals surface area contributed by atoms with Crippen molar-refractivity contribution < 1.29 is 9.47 Å². The summed E-state index contributed by atoms with van der Waals surface area (Å²) in [5.74, 6) is 1.89. The molecule has 166 valence electrons. The van der Waals surface area contributed by atoms with E-state index in [-0.39, 0.29) is 6.10 Å². The third-order valence-corrected chi connectivity index (χ3v) is 6.39. The predicted octanol–water partition coefficient (Wildman–Crippen LogP) is 4.36. The van der Waals surface area contributed by atoms with Gasteiger partial charge in [0.2, 0.25) is 0 Å². The summed E-state index contributed by atoms with van der Waals surface area (Å²) in [7, 11) is 5.79. The van der Waals surface area contributed by atoms with Gasteiger partial charge in [-0.1, -0.05) is 30.8 Å². The Hall–Kier alpha value is -2.50. The molecule has 2 aromatic carbocycles. The van der Waals surface area contributed by atoms with Gasteiger partial charge in [0.1, 0.15) is 11.9 Å². The molecule has 4 rings (SSSR count). The Morgan fingerprint density at radius 1 is 1.10 bits per heavy atom. The van der Waals surface area contributed by atoms with Gasteiger partial charge in [-0.3, -0.25) is 4.90 Å². The van der Waals surface area contributed by atoms with Gasteiger partial charge in [-0.2, -0.15) is 0 Å². The molecular weight excluding hydrogens is 386 g/mol. The van der Waals surface area contributed by atoms with Crippen molar-refractivity contribution in [3.8, 4) is 16.9 Å². The maximum atomic E-state index is 6.18. The van der Waals surface area contributed by atoms with Crippen molar-refractivity contribution in [1.29, 1.82) is 0 Å². The Morgan fingerprint density at radius 2 is 1.87 bits per heavy atom. The van der Waals surface area contributed by atoms with Gasteiger partial charge in [0, 0.05) is 39.3 Å². The second-order valence-electron chi connectivity index (χ2n) is 8.76. The number of methoxy groups -OCH3 is 1. The molecule has 0 saturated carbocycles.